The number of carboxylic acids is 1. The Balaban J connectivity index is 2.35. The first-order valence-corrected chi connectivity index (χ1v) is 5.78. The molecule has 1 unspecified atom stereocenters. The van der Waals surface area contributed by atoms with Gasteiger partial charge in [-0.2, -0.15) is 0 Å². The molecular weight excluding hydrogens is 224 g/mol. The van der Waals surface area contributed by atoms with E-state index >= 15 is 0 Å². The average molecular weight is 244 g/mol. The Kier molecular flexibility index (Phi) is 5.21. The number of carboxylic acid groups (broad SMARTS) is 1. The maximum Gasteiger partial charge on any atom is 0.326 e. The van der Waals surface area contributed by atoms with Crippen molar-refractivity contribution in [1.29, 1.82) is 0 Å². The molecule has 2 N–H and O–H groups in total. The van der Waals surface area contributed by atoms with Crippen molar-refractivity contribution in [3.8, 4) is 0 Å². The molecule has 0 bridgehead atoms. The summed E-state index contributed by atoms with van der Waals surface area (Å²) in [5.74, 6) is -0.441. The van der Waals surface area contributed by atoms with Gasteiger partial charge in [0.25, 0.3) is 0 Å². The molecular formula is C11H20N2O4. The third kappa shape index (κ3) is 5.04. The predicted molar refractivity (Wildman–Crippen MR) is 61.8 cm³/mol. The number of aliphatic carboxylic acids is 1. The molecule has 0 aromatic rings. The summed E-state index contributed by atoms with van der Waals surface area (Å²) in [6.07, 6.45) is 2.59. The normalized spacial score (nSPS) is 16.4. The first-order valence-electron chi connectivity index (χ1n) is 5.78. The van der Waals surface area contributed by atoms with Crippen molar-refractivity contribution in [1.82, 2.24) is 10.2 Å². The van der Waals surface area contributed by atoms with E-state index in [4.69, 9.17) is 9.84 Å². The highest BCUT2D eigenvalue weighted by Crippen LogP contribution is 2.29. The zero-order valence-corrected chi connectivity index (χ0v) is 10.3. The number of hydrogen-bond acceptors (Lipinski definition) is 3. The molecule has 0 radical (unpaired) electrons. The van der Waals surface area contributed by atoms with Gasteiger partial charge in [-0.05, 0) is 18.8 Å². The van der Waals surface area contributed by atoms with E-state index in [1.807, 2.05) is 0 Å². The van der Waals surface area contributed by atoms with E-state index in [1.165, 1.54) is 7.11 Å². The topological polar surface area (TPSA) is 78.9 Å². The number of amides is 2. The Hall–Kier alpha value is -1.30. The lowest BCUT2D eigenvalue weighted by molar-refractivity contribution is -0.139. The lowest BCUT2D eigenvalue weighted by atomic mass is 10.2. The second-order valence-corrected chi connectivity index (χ2v) is 4.45. The minimum absolute atomic E-state index is 0.273. The molecule has 17 heavy (non-hydrogen) atoms. The summed E-state index contributed by atoms with van der Waals surface area (Å²) in [6.45, 7) is 1.01. The van der Waals surface area contributed by atoms with Gasteiger partial charge in [0.1, 0.15) is 6.04 Å². The second kappa shape index (κ2) is 6.44. The van der Waals surface area contributed by atoms with Crippen LogP contribution >= 0.6 is 0 Å². The molecule has 0 aliphatic heterocycles. The average Bonchev–Trinajstić information content (AvgIpc) is 3.07. The molecule has 1 atom stereocenters. The van der Waals surface area contributed by atoms with Crippen molar-refractivity contribution in [3.05, 3.63) is 0 Å². The molecule has 0 spiro atoms. The summed E-state index contributed by atoms with van der Waals surface area (Å²) in [6, 6.07) is -1.22. The summed E-state index contributed by atoms with van der Waals surface area (Å²) >= 11 is 0. The zero-order chi connectivity index (χ0) is 12.8. The van der Waals surface area contributed by atoms with Crippen molar-refractivity contribution < 1.29 is 19.4 Å². The van der Waals surface area contributed by atoms with Gasteiger partial charge >= 0.3 is 12.0 Å². The van der Waals surface area contributed by atoms with Crippen LogP contribution in [0.4, 0.5) is 4.79 Å². The Labute approximate surface area is 101 Å². The monoisotopic (exact) mass is 244 g/mol. The Morgan fingerprint density at radius 2 is 2.18 bits per heavy atom. The minimum Gasteiger partial charge on any atom is -0.480 e. The summed E-state index contributed by atoms with van der Waals surface area (Å²) in [4.78, 5) is 24.1. The van der Waals surface area contributed by atoms with E-state index < -0.39 is 12.0 Å². The Bertz CT molecular complexity index is 279. The number of urea groups is 1. The van der Waals surface area contributed by atoms with E-state index in [2.05, 4.69) is 5.32 Å². The zero-order valence-electron chi connectivity index (χ0n) is 10.3. The highest BCUT2D eigenvalue weighted by Gasteiger charge is 2.26. The Morgan fingerprint density at radius 1 is 1.53 bits per heavy atom. The number of methoxy groups -OCH3 is 1. The quantitative estimate of drug-likeness (QED) is 0.684. The molecule has 1 fully saturated rings. The highest BCUT2D eigenvalue weighted by atomic mass is 16.5. The van der Waals surface area contributed by atoms with Gasteiger partial charge in [-0.25, -0.2) is 9.59 Å². The van der Waals surface area contributed by atoms with E-state index in [0.717, 1.165) is 12.8 Å². The lowest BCUT2D eigenvalue weighted by Gasteiger charge is -2.21. The van der Waals surface area contributed by atoms with Crippen molar-refractivity contribution in [2.75, 3.05) is 27.3 Å². The molecule has 1 rings (SSSR count). The first kappa shape index (κ1) is 13.8. The number of nitrogens with zero attached hydrogens (tertiary/aromatic N) is 1. The number of ether oxygens (including phenoxy) is 1. The maximum atomic E-state index is 11.7. The standard InChI is InChI=1S/C11H20N2O4/c1-13(7-8-3-4-8)11(16)12-9(10(14)15)5-6-17-2/h8-9H,3-7H2,1-2H3,(H,12,16)(H,14,15). The predicted octanol–water partition coefficient (Wildman–Crippen LogP) is 0.527. The van der Waals surface area contributed by atoms with Crippen molar-refractivity contribution >= 4 is 12.0 Å². The molecule has 6 heteroatoms. The number of hydrogen-bond donors (Lipinski definition) is 2. The van der Waals surface area contributed by atoms with Crippen molar-refractivity contribution in [3.63, 3.8) is 0 Å². The summed E-state index contributed by atoms with van der Waals surface area (Å²) < 4.78 is 4.81. The van der Waals surface area contributed by atoms with Crippen LogP contribution in [0.1, 0.15) is 19.3 Å². The summed E-state index contributed by atoms with van der Waals surface area (Å²) in [5.41, 5.74) is 0. The fraction of sp³-hybridized carbons (Fsp3) is 0.818. The molecule has 0 saturated heterocycles. The summed E-state index contributed by atoms with van der Waals surface area (Å²) in [7, 11) is 3.18. The SMILES string of the molecule is COCCC(NC(=O)N(C)CC1CC1)C(=O)O. The van der Waals surface area contributed by atoms with Crippen LogP contribution in [0.2, 0.25) is 0 Å². The van der Waals surface area contributed by atoms with E-state index in [1.54, 1.807) is 11.9 Å². The van der Waals surface area contributed by atoms with Crippen LogP contribution in [0.3, 0.4) is 0 Å². The highest BCUT2D eigenvalue weighted by molar-refractivity contribution is 5.82. The smallest absolute Gasteiger partial charge is 0.326 e. The molecule has 1 aliphatic carbocycles. The van der Waals surface area contributed by atoms with Gasteiger partial charge < -0.3 is 20.1 Å². The van der Waals surface area contributed by atoms with Gasteiger partial charge in [-0.15, -0.1) is 0 Å². The third-order valence-electron chi connectivity index (χ3n) is 2.78. The van der Waals surface area contributed by atoms with E-state index in [0.29, 0.717) is 19.1 Å². The van der Waals surface area contributed by atoms with Gasteiger partial charge in [0.05, 0.1) is 0 Å². The van der Waals surface area contributed by atoms with Crippen LogP contribution in [0.15, 0.2) is 0 Å². The Morgan fingerprint density at radius 3 is 2.65 bits per heavy atom. The van der Waals surface area contributed by atoms with E-state index in [9.17, 15) is 9.59 Å². The third-order valence-corrected chi connectivity index (χ3v) is 2.78. The molecule has 1 aliphatic rings. The second-order valence-electron chi connectivity index (χ2n) is 4.45. The fourth-order valence-corrected chi connectivity index (χ4v) is 1.52. The van der Waals surface area contributed by atoms with Gasteiger partial charge in [0.2, 0.25) is 0 Å². The van der Waals surface area contributed by atoms with E-state index in [-0.39, 0.29) is 12.5 Å². The molecule has 0 aromatic heterocycles. The molecule has 0 heterocycles. The molecule has 0 aromatic carbocycles. The molecule has 1 saturated carbocycles. The van der Waals surface area contributed by atoms with Crippen LogP contribution in [-0.2, 0) is 9.53 Å². The molecule has 98 valence electrons. The van der Waals surface area contributed by atoms with Crippen LogP contribution in [-0.4, -0.2) is 55.4 Å². The molecule has 2 amide bonds. The first-order chi connectivity index (χ1) is 8.04. The van der Waals surface area contributed by atoms with Gasteiger partial charge in [0, 0.05) is 33.7 Å². The van der Waals surface area contributed by atoms with Crippen LogP contribution < -0.4 is 5.32 Å². The van der Waals surface area contributed by atoms with Gasteiger partial charge in [0.15, 0.2) is 0 Å². The number of carbonyl (C=O) groups is 2. The fourth-order valence-electron chi connectivity index (χ4n) is 1.52. The van der Waals surface area contributed by atoms with Crippen LogP contribution in [0.5, 0.6) is 0 Å². The maximum absolute atomic E-state index is 11.7. The van der Waals surface area contributed by atoms with Gasteiger partial charge in [-0.1, -0.05) is 0 Å². The summed E-state index contributed by atoms with van der Waals surface area (Å²) in [5, 5.41) is 11.4. The number of rotatable bonds is 7. The molecule has 6 nitrogen and oxygen atoms in total. The van der Waals surface area contributed by atoms with Crippen LogP contribution in [0.25, 0.3) is 0 Å². The lowest BCUT2D eigenvalue weighted by Crippen LogP contribution is -2.47. The minimum atomic E-state index is -1.03. The van der Waals surface area contributed by atoms with Crippen LogP contribution in [0, 0.1) is 5.92 Å². The number of carbonyl (C=O) groups excluding carboxylic acids is 1. The van der Waals surface area contributed by atoms with Crippen molar-refractivity contribution in [2.45, 2.75) is 25.3 Å². The number of nitrogens with one attached hydrogen (secondary N) is 1. The van der Waals surface area contributed by atoms with Gasteiger partial charge in [-0.3, -0.25) is 0 Å². The largest absolute Gasteiger partial charge is 0.480 e. The van der Waals surface area contributed by atoms with Crippen molar-refractivity contribution in [2.24, 2.45) is 5.92 Å².